The monoisotopic (exact) mass is 234 g/mol. The highest BCUT2D eigenvalue weighted by molar-refractivity contribution is 5.74. The molecule has 0 aromatic heterocycles. The summed E-state index contributed by atoms with van der Waals surface area (Å²) >= 11 is 0. The zero-order chi connectivity index (χ0) is 12.5. The van der Waals surface area contributed by atoms with Crippen LogP contribution in [-0.4, -0.2) is 13.1 Å². The van der Waals surface area contributed by atoms with E-state index < -0.39 is 0 Å². The number of benzene rings is 1. The molecule has 0 aliphatic heterocycles. The van der Waals surface area contributed by atoms with Crippen molar-refractivity contribution in [3.8, 4) is 5.75 Å². The molecule has 0 aliphatic carbocycles. The number of hydrogen-bond donors (Lipinski definition) is 2. The van der Waals surface area contributed by atoms with Crippen LogP contribution in [-0.2, 0) is 6.54 Å². The summed E-state index contributed by atoms with van der Waals surface area (Å²) in [4.78, 5) is 11.3. The van der Waals surface area contributed by atoms with Gasteiger partial charge in [-0.15, -0.1) is 0 Å². The number of urea groups is 1. The molecule has 2 N–H and O–H groups in total. The normalized spacial score (nSPS) is 10.2. The van der Waals surface area contributed by atoms with Crippen molar-refractivity contribution in [2.24, 2.45) is 0 Å². The molecular formula is C13H18N2O2. The third-order valence-electron chi connectivity index (χ3n) is 2.18. The molecule has 0 saturated heterocycles. The second-order valence-corrected chi connectivity index (χ2v) is 3.49. The van der Waals surface area contributed by atoms with Crippen LogP contribution in [0.25, 0.3) is 0 Å². The van der Waals surface area contributed by atoms with Crippen molar-refractivity contribution >= 4 is 6.03 Å². The molecule has 2 amide bonds. The highest BCUT2D eigenvalue weighted by Crippen LogP contribution is 2.10. The van der Waals surface area contributed by atoms with E-state index in [4.69, 9.17) is 4.74 Å². The fourth-order valence-corrected chi connectivity index (χ4v) is 1.23. The van der Waals surface area contributed by atoms with E-state index in [1.165, 1.54) is 0 Å². The predicted octanol–water partition coefficient (Wildman–Crippen LogP) is 2.42. The molecule has 0 aliphatic rings. The van der Waals surface area contributed by atoms with Crippen LogP contribution in [0.3, 0.4) is 0 Å². The number of amides is 2. The van der Waals surface area contributed by atoms with Crippen LogP contribution in [0.2, 0.25) is 0 Å². The molecule has 92 valence electrons. The highest BCUT2D eigenvalue weighted by Gasteiger charge is 1.98. The Hall–Kier alpha value is -1.97. The van der Waals surface area contributed by atoms with Gasteiger partial charge in [-0.05, 0) is 24.1 Å². The summed E-state index contributed by atoms with van der Waals surface area (Å²) in [7, 11) is 1.63. The van der Waals surface area contributed by atoms with Crippen molar-refractivity contribution in [3.05, 3.63) is 42.1 Å². The van der Waals surface area contributed by atoms with Crippen molar-refractivity contribution in [3.63, 3.8) is 0 Å². The molecule has 1 rings (SSSR count). The summed E-state index contributed by atoms with van der Waals surface area (Å²) in [5.74, 6) is 0.809. The predicted molar refractivity (Wildman–Crippen MR) is 67.8 cm³/mol. The Morgan fingerprint density at radius 1 is 1.35 bits per heavy atom. The van der Waals surface area contributed by atoms with Gasteiger partial charge in [0.05, 0.1) is 7.11 Å². The van der Waals surface area contributed by atoms with Crippen LogP contribution < -0.4 is 15.4 Å². The second kappa shape index (κ2) is 7.33. The molecule has 1 aromatic carbocycles. The Morgan fingerprint density at radius 3 is 2.65 bits per heavy atom. The van der Waals surface area contributed by atoms with Crippen molar-refractivity contribution in [2.45, 2.75) is 19.9 Å². The number of methoxy groups -OCH3 is 1. The number of carbonyl (C=O) groups excluding carboxylic acids is 1. The summed E-state index contributed by atoms with van der Waals surface area (Å²) in [5, 5.41) is 5.37. The summed E-state index contributed by atoms with van der Waals surface area (Å²) in [6.07, 6.45) is 4.43. The van der Waals surface area contributed by atoms with Gasteiger partial charge >= 0.3 is 6.03 Å². The van der Waals surface area contributed by atoms with Crippen LogP contribution >= 0.6 is 0 Å². The van der Waals surface area contributed by atoms with Crippen LogP contribution in [0.4, 0.5) is 4.79 Å². The lowest BCUT2D eigenvalue weighted by Gasteiger charge is -2.05. The average molecular weight is 234 g/mol. The topological polar surface area (TPSA) is 50.4 Å². The maximum atomic E-state index is 11.3. The molecular weight excluding hydrogens is 216 g/mol. The fourth-order valence-electron chi connectivity index (χ4n) is 1.23. The van der Waals surface area contributed by atoms with E-state index in [-0.39, 0.29) is 6.03 Å². The van der Waals surface area contributed by atoms with Gasteiger partial charge in [0.15, 0.2) is 0 Å². The minimum Gasteiger partial charge on any atom is -0.497 e. The molecule has 17 heavy (non-hydrogen) atoms. The summed E-state index contributed by atoms with van der Waals surface area (Å²) in [6.45, 7) is 2.50. The van der Waals surface area contributed by atoms with E-state index in [0.717, 1.165) is 17.7 Å². The van der Waals surface area contributed by atoms with Crippen LogP contribution in [0.1, 0.15) is 18.9 Å². The van der Waals surface area contributed by atoms with Gasteiger partial charge < -0.3 is 15.4 Å². The van der Waals surface area contributed by atoms with Gasteiger partial charge in [-0.25, -0.2) is 4.79 Å². The molecule has 0 atom stereocenters. The summed E-state index contributed by atoms with van der Waals surface area (Å²) < 4.78 is 5.05. The fraction of sp³-hybridized carbons (Fsp3) is 0.308. The molecule has 1 aromatic rings. The lowest BCUT2D eigenvalue weighted by atomic mass is 10.2. The largest absolute Gasteiger partial charge is 0.497 e. The van der Waals surface area contributed by atoms with Crippen LogP contribution in [0.15, 0.2) is 36.5 Å². The molecule has 4 heteroatoms. The van der Waals surface area contributed by atoms with E-state index in [0.29, 0.717) is 6.54 Å². The van der Waals surface area contributed by atoms with E-state index in [1.54, 1.807) is 13.3 Å². The summed E-state index contributed by atoms with van der Waals surface area (Å²) in [6, 6.07) is 7.37. The summed E-state index contributed by atoms with van der Waals surface area (Å²) in [5.41, 5.74) is 1.03. The minimum atomic E-state index is -0.203. The number of ether oxygens (including phenoxy) is 1. The minimum absolute atomic E-state index is 0.203. The zero-order valence-corrected chi connectivity index (χ0v) is 10.2. The van der Waals surface area contributed by atoms with Crippen LogP contribution in [0, 0.1) is 0 Å². The average Bonchev–Trinajstić information content (AvgIpc) is 2.37. The van der Waals surface area contributed by atoms with Crippen molar-refractivity contribution in [1.82, 2.24) is 10.6 Å². The molecule has 0 saturated carbocycles. The van der Waals surface area contributed by atoms with E-state index >= 15 is 0 Å². The lowest BCUT2D eigenvalue weighted by Crippen LogP contribution is -2.31. The van der Waals surface area contributed by atoms with Gasteiger partial charge in [0.2, 0.25) is 0 Å². The first-order chi connectivity index (χ1) is 8.26. The molecule has 0 radical (unpaired) electrons. The molecule has 0 bridgehead atoms. The highest BCUT2D eigenvalue weighted by atomic mass is 16.5. The van der Waals surface area contributed by atoms with E-state index in [1.807, 2.05) is 37.3 Å². The molecule has 0 spiro atoms. The van der Waals surface area contributed by atoms with Crippen molar-refractivity contribution in [2.75, 3.05) is 7.11 Å². The Morgan fingerprint density at radius 2 is 2.06 bits per heavy atom. The molecule has 0 fully saturated rings. The van der Waals surface area contributed by atoms with E-state index in [9.17, 15) is 4.79 Å². The lowest BCUT2D eigenvalue weighted by molar-refractivity contribution is 0.243. The first-order valence-electron chi connectivity index (χ1n) is 5.58. The van der Waals surface area contributed by atoms with Crippen LogP contribution in [0.5, 0.6) is 5.75 Å². The first-order valence-corrected chi connectivity index (χ1v) is 5.58. The quantitative estimate of drug-likeness (QED) is 0.822. The Bertz CT molecular complexity index is 372. The molecule has 0 unspecified atom stereocenters. The third kappa shape index (κ3) is 5.06. The number of allylic oxidation sites excluding steroid dienone is 1. The van der Waals surface area contributed by atoms with Gasteiger partial charge in [0.1, 0.15) is 5.75 Å². The maximum absolute atomic E-state index is 11.3. The number of hydrogen-bond acceptors (Lipinski definition) is 2. The van der Waals surface area contributed by atoms with Gasteiger partial charge in [0, 0.05) is 12.7 Å². The smallest absolute Gasteiger partial charge is 0.319 e. The number of rotatable bonds is 5. The Kier molecular flexibility index (Phi) is 5.64. The van der Waals surface area contributed by atoms with E-state index in [2.05, 4.69) is 10.6 Å². The Labute approximate surface area is 102 Å². The third-order valence-corrected chi connectivity index (χ3v) is 2.18. The maximum Gasteiger partial charge on any atom is 0.319 e. The zero-order valence-electron chi connectivity index (χ0n) is 10.2. The van der Waals surface area contributed by atoms with Gasteiger partial charge in [-0.3, -0.25) is 0 Å². The molecule has 4 nitrogen and oxygen atoms in total. The number of carbonyl (C=O) groups is 1. The standard InChI is InChI=1S/C13H18N2O2/c1-3-4-9-14-13(16)15-10-11-5-7-12(17-2)8-6-11/h4-9H,3,10H2,1-2H3,(H2,14,15,16)/b9-4+. The molecule has 0 heterocycles. The van der Waals surface area contributed by atoms with Gasteiger partial charge in [0.25, 0.3) is 0 Å². The van der Waals surface area contributed by atoms with Gasteiger partial charge in [-0.2, -0.15) is 0 Å². The Balaban J connectivity index is 2.34. The SMILES string of the molecule is CC/C=C/NC(=O)NCc1ccc(OC)cc1. The van der Waals surface area contributed by atoms with Gasteiger partial charge in [-0.1, -0.05) is 25.1 Å². The second-order valence-electron chi connectivity index (χ2n) is 3.49. The first kappa shape index (κ1) is 13.1. The van der Waals surface area contributed by atoms with Crippen molar-refractivity contribution < 1.29 is 9.53 Å². The van der Waals surface area contributed by atoms with Crippen molar-refractivity contribution in [1.29, 1.82) is 0 Å². The number of nitrogens with one attached hydrogen (secondary N) is 2.